The first-order valence-corrected chi connectivity index (χ1v) is 8.32. The predicted molar refractivity (Wildman–Crippen MR) is 86.0 cm³/mol. The zero-order valence-electron chi connectivity index (χ0n) is 12.8. The van der Waals surface area contributed by atoms with Crippen molar-refractivity contribution >= 4 is 21.6 Å². The van der Waals surface area contributed by atoms with E-state index in [1.54, 1.807) is 25.1 Å². The quantitative estimate of drug-likeness (QED) is 0.912. The van der Waals surface area contributed by atoms with Crippen molar-refractivity contribution in [2.75, 3.05) is 18.9 Å². The largest absolute Gasteiger partial charge is 0.325 e. The molecule has 0 spiro atoms. The van der Waals surface area contributed by atoms with E-state index in [-0.39, 0.29) is 11.4 Å². The molecule has 0 heterocycles. The Kier molecular flexibility index (Phi) is 5.12. The lowest BCUT2D eigenvalue weighted by Gasteiger charge is -2.17. The van der Waals surface area contributed by atoms with Gasteiger partial charge in [0.1, 0.15) is 5.82 Å². The van der Waals surface area contributed by atoms with E-state index in [4.69, 9.17) is 0 Å². The molecule has 2 aromatic rings. The Labute approximate surface area is 134 Å². The minimum atomic E-state index is -3.75. The fraction of sp³-hybridized carbons (Fsp3) is 0.188. The van der Waals surface area contributed by atoms with Crippen LogP contribution in [-0.2, 0) is 14.8 Å². The molecule has 0 aliphatic heterocycles. The van der Waals surface area contributed by atoms with Gasteiger partial charge in [-0.1, -0.05) is 24.3 Å². The second kappa shape index (κ2) is 6.89. The number of rotatable bonds is 5. The number of halogens is 1. The van der Waals surface area contributed by atoms with E-state index in [2.05, 4.69) is 5.32 Å². The summed E-state index contributed by atoms with van der Waals surface area (Å²) in [7, 11) is -2.43. The van der Waals surface area contributed by atoms with Gasteiger partial charge in [-0.3, -0.25) is 4.79 Å². The second-order valence-electron chi connectivity index (χ2n) is 5.08. The zero-order valence-corrected chi connectivity index (χ0v) is 13.6. The van der Waals surface area contributed by atoms with Crippen LogP contribution in [0.4, 0.5) is 10.1 Å². The molecule has 122 valence electrons. The molecular weight excluding hydrogens is 319 g/mol. The molecule has 0 atom stereocenters. The summed E-state index contributed by atoms with van der Waals surface area (Å²) in [6.45, 7) is 1.35. The molecule has 1 N–H and O–H groups in total. The molecule has 0 fully saturated rings. The number of nitrogens with zero attached hydrogens (tertiary/aromatic N) is 1. The van der Waals surface area contributed by atoms with Crippen molar-refractivity contribution in [3.05, 3.63) is 59.9 Å². The number of carbonyl (C=O) groups excluding carboxylic acids is 1. The van der Waals surface area contributed by atoms with Crippen molar-refractivity contribution in [1.82, 2.24) is 4.31 Å². The first kappa shape index (κ1) is 17.1. The molecule has 0 saturated carbocycles. The highest BCUT2D eigenvalue weighted by atomic mass is 32.2. The first-order chi connectivity index (χ1) is 10.8. The molecule has 0 aliphatic rings. The van der Waals surface area contributed by atoms with Gasteiger partial charge < -0.3 is 5.32 Å². The summed E-state index contributed by atoms with van der Waals surface area (Å²) >= 11 is 0. The van der Waals surface area contributed by atoms with E-state index in [1.165, 1.54) is 37.4 Å². The normalized spacial score (nSPS) is 11.5. The van der Waals surface area contributed by atoms with Gasteiger partial charge in [0.15, 0.2) is 0 Å². The first-order valence-electron chi connectivity index (χ1n) is 6.88. The molecule has 2 rings (SSSR count). The Hall–Kier alpha value is -2.25. The van der Waals surface area contributed by atoms with Gasteiger partial charge in [-0.25, -0.2) is 12.8 Å². The Morgan fingerprint density at radius 2 is 1.83 bits per heavy atom. The van der Waals surface area contributed by atoms with Gasteiger partial charge in [0.2, 0.25) is 15.9 Å². The van der Waals surface area contributed by atoms with Crippen LogP contribution in [0.1, 0.15) is 5.56 Å². The number of hydrogen-bond donors (Lipinski definition) is 1. The maximum absolute atomic E-state index is 13.2. The van der Waals surface area contributed by atoms with Crippen LogP contribution in [0.15, 0.2) is 53.4 Å². The number of likely N-dealkylation sites (N-methyl/N-ethyl adjacent to an activating group) is 1. The van der Waals surface area contributed by atoms with Crippen LogP contribution < -0.4 is 5.32 Å². The van der Waals surface area contributed by atoms with Crippen molar-refractivity contribution in [1.29, 1.82) is 0 Å². The minimum absolute atomic E-state index is 0.109. The van der Waals surface area contributed by atoms with Gasteiger partial charge >= 0.3 is 0 Å². The third kappa shape index (κ3) is 4.14. The number of amides is 1. The standard InChI is InChI=1S/C16H17FN2O3S/c1-12-8-9-13(17)10-15(12)18-16(20)11-19(2)23(21,22)14-6-4-3-5-7-14/h3-10H,11H2,1-2H3,(H,18,20). The van der Waals surface area contributed by atoms with Crippen molar-refractivity contribution < 1.29 is 17.6 Å². The Morgan fingerprint density at radius 1 is 1.17 bits per heavy atom. The average Bonchev–Trinajstić information content (AvgIpc) is 2.51. The molecule has 7 heteroatoms. The number of nitrogens with one attached hydrogen (secondary N) is 1. The number of hydrogen-bond acceptors (Lipinski definition) is 3. The lowest BCUT2D eigenvalue weighted by Crippen LogP contribution is -2.35. The molecule has 0 radical (unpaired) electrons. The van der Waals surface area contributed by atoms with Gasteiger partial charge in [-0.15, -0.1) is 0 Å². The summed E-state index contributed by atoms with van der Waals surface area (Å²) in [6, 6.07) is 11.9. The molecule has 0 unspecified atom stereocenters. The lowest BCUT2D eigenvalue weighted by atomic mass is 10.2. The Morgan fingerprint density at radius 3 is 2.48 bits per heavy atom. The van der Waals surface area contributed by atoms with Crippen molar-refractivity contribution in [2.24, 2.45) is 0 Å². The summed E-state index contributed by atoms with van der Waals surface area (Å²) < 4.78 is 38.8. The maximum Gasteiger partial charge on any atom is 0.243 e. The summed E-state index contributed by atoms with van der Waals surface area (Å²) in [6.07, 6.45) is 0. The summed E-state index contributed by atoms with van der Waals surface area (Å²) in [5, 5.41) is 2.52. The van der Waals surface area contributed by atoms with E-state index in [0.29, 0.717) is 11.3 Å². The van der Waals surface area contributed by atoms with Gasteiger partial charge in [-0.2, -0.15) is 4.31 Å². The van der Waals surface area contributed by atoms with Gasteiger partial charge in [0.05, 0.1) is 11.4 Å². The second-order valence-corrected chi connectivity index (χ2v) is 7.13. The summed E-state index contributed by atoms with van der Waals surface area (Å²) in [5.41, 5.74) is 1.01. The molecule has 0 bridgehead atoms. The van der Waals surface area contributed by atoms with Gasteiger partial charge in [-0.05, 0) is 36.8 Å². The molecule has 5 nitrogen and oxygen atoms in total. The van der Waals surface area contributed by atoms with Crippen LogP contribution in [0.5, 0.6) is 0 Å². The monoisotopic (exact) mass is 336 g/mol. The number of carbonyl (C=O) groups is 1. The molecule has 1 amide bonds. The van der Waals surface area contributed by atoms with Crippen molar-refractivity contribution in [3.63, 3.8) is 0 Å². The smallest absolute Gasteiger partial charge is 0.243 e. The van der Waals surface area contributed by atoms with E-state index in [0.717, 1.165) is 4.31 Å². The minimum Gasteiger partial charge on any atom is -0.325 e. The van der Waals surface area contributed by atoms with Crippen LogP contribution in [0, 0.1) is 12.7 Å². The highest BCUT2D eigenvalue weighted by Crippen LogP contribution is 2.17. The van der Waals surface area contributed by atoms with Gasteiger partial charge in [0.25, 0.3) is 0 Å². The third-order valence-electron chi connectivity index (χ3n) is 3.29. The number of aryl methyl sites for hydroxylation is 1. The van der Waals surface area contributed by atoms with Crippen molar-refractivity contribution in [2.45, 2.75) is 11.8 Å². The van der Waals surface area contributed by atoms with Crippen LogP contribution in [-0.4, -0.2) is 32.2 Å². The molecule has 0 aromatic heterocycles. The highest BCUT2D eigenvalue weighted by molar-refractivity contribution is 7.89. The van der Waals surface area contributed by atoms with Crippen LogP contribution in [0.2, 0.25) is 0 Å². The number of anilines is 1. The Bertz CT molecular complexity index is 807. The molecule has 2 aromatic carbocycles. The fourth-order valence-corrected chi connectivity index (χ4v) is 3.13. The van der Waals surface area contributed by atoms with E-state index < -0.39 is 21.7 Å². The fourth-order valence-electron chi connectivity index (χ4n) is 1.98. The SMILES string of the molecule is Cc1ccc(F)cc1NC(=O)CN(C)S(=O)(=O)c1ccccc1. The lowest BCUT2D eigenvalue weighted by molar-refractivity contribution is -0.116. The van der Waals surface area contributed by atoms with Crippen LogP contribution in [0.25, 0.3) is 0 Å². The summed E-state index contributed by atoms with van der Waals surface area (Å²) in [4.78, 5) is 12.1. The Balaban J connectivity index is 2.09. The zero-order chi connectivity index (χ0) is 17.0. The van der Waals surface area contributed by atoms with E-state index >= 15 is 0 Å². The van der Waals surface area contributed by atoms with Gasteiger partial charge in [0, 0.05) is 12.7 Å². The topological polar surface area (TPSA) is 66.5 Å². The molecule has 23 heavy (non-hydrogen) atoms. The van der Waals surface area contributed by atoms with Crippen LogP contribution >= 0.6 is 0 Å². The number of sulfonamides is 1. The van der Waals surface area contributed by atoms with E-state index in [9.17, 15) is 17.6 Å². The predicted octanol–water partition coefficient (Wildman–Crippen LogP) is 2.39. The van der Waals surface area contributed by atoms with E-state index in [1.807, 2.05) is 0 Å². The molecular formula is C16H17FN2O3S. The maximum atomic E-state index is 13.2. The third-order valence-corrected chi connectivity index (χ3v) is 5.11. The average molecular weight is 336 g/mol. The highest BCUT2D eigenvalue weighted by Gasteiger charge is 2.22. The molecule has 0 aliphatic carbocycles. The summed E-state index contributed by atoms with van der Waals surface area (Å²) in [5.74, 6) is -1.02. The van der Waals surface area contributed by atoms with Crippen molar-refractivity contribution in [3.8, 4) is 0 Å². The number of benzene rings is 2. The van der Waals surface area contributed by atoms with Crippen LogP contribution in [0.3, 0.4) is 0 Å². The molecule has 0 saturated heterocycles.